The third-order valence-electron chi connectivity index (χ3n) is 4.50. The van der Waals surface area contributed by atoms with Crippen LogP contribution in [-0.4, -0.2) is 5.11 Å². The normalized spacial score (nSPS) is 12.1. The molecule has 0 aliphatic heterocycles. The fourth-order valence-corrected chi connectivity index (χ4v) is 3.23. The molecule has 0 spiro atoms. The number of phenols is 1. The average molecular weight is 354 g/mol. The molecule has 0 aliphatic rings. The van der Waals surface area contributed by atoms with Gasteiger partial charge in [0, 0.05) is 5.56 Å². The van der Waals surface area contributed by atoms with Gasteiger partial charge in [0.05, 0.1) is 0 Å². The van der Waals surface area contributed by atoms with E-state index in [0.717, 1.165) is 27.8 Å². The first-order valence-corrected chi connectivity index (χ1v) is 9.28. The molecule has 0 saturated carbocycles. The van der Waals surface area contributed by atoms with Crippen LogP contribution in [0.5, 0.6) is 5.75 Å². The SMILES string of the molecule is CC(C)(C)c1c(O)ccc(/C=C/c2ccccc2)c1/C=C/c1ccccc1. The summed E-state index contributed by atoms with van der Waals surface area (Å²) in [4.78, 5) is 0. The van der Waals surface area contributed by atoms with Crippen molar-refractivity contribution in [1.29, 1.82) is 0 Å². The molecule has 0 fully saturated rings. The molecule has 27 heavy (non-hydrogen) atoms. The summed E-state index contributed by atoms with van der Waals surface area (Å²) in [5.74, 6) is 0.340. The van der Waals surface area contributed by atoms with Crippen LogP contribution in [0, 0.1) is 0 Å². The number of hydrogen-bond acceptors (Lipinski definition) is 1. The van der Waals surface area contributed by atoms with E-state index in [1.54, 1.807) is 6.07 Å². The molecule has 0 unspecified atom stereocenters. The lowest BCUT2D eigenvalue weighted by molar-refractivity contribution is 0.446. The van der Waals surface area contributed by atoms with Crippen LogP contribution in [0.2, 0.25) is 0 Å². The van der Waals surface area contributed by atoms with Crippen molar-refractivity contribution in [2.24, 2.45) is 0 Å². The van der Waals surface area contributed by atoms with Crippen molar-refractivity contribution in [3.05, 3.63) is 101 Å². The van der Waals surface area contributed by atoms with Crippen LogP contribution in [0.4, 0.5) is 0 Å². The van der Waals surface area contributed by atoms with Gasteiger partial charge in [-0.05, 0) is 33.7 Å². The van der Waals surface area contributed by atoms with Gasteiger partial charge in [0.2, 0.25) is 0 Å². The Kier molecular flexibility index (Phi) is 5.61. The summed E-state index contributed by atoms with van der Waals surface area (Å²) in [6, 6.07) is 24.3. The molecule has 0 heterocycles. The Morgan fingerprint density at radius 2 is 1.15 bits per heavy atom. The highest BCUT2D eigenvalue weighted by Crippen LogP contribution is 2.37. The lowest BCUT2D eigenvalue weighted by Gasteiger charge is -2.24. The fraction of sp³-hybridized carbons (Fsp3) is 0.154. The molecule has 0 aliphatic carbocycles. The van der Waals surface area contributed by atoms with Crippen molar-refractivity contribution in [2.45, 2.75) is 26.2 Å². The Balaban J connectivity index is 2.10. The van der Waals surface area contributed by atoms with E-state index in [0.29, 0.717) is 5.75 Å². The van der Waals surface area contributed by atoms with Crippen molar-refractivity contribution >= 4 is 24.3 Å². The molecule has 0 aromatic heterocycles. The van der Waals surface area contributed by atoms with Gasteiger partial charge in [0.25, 0.3) is 0 Å². The van der Waals surface area contributed by atoms with Gasteiger partial charge in [-0.1, -0.05) is 112 Å². The monoisotopic (exact) mass is 354 g/mol. The largest absolute Gasteiger partial charge is 0.508 e. The van der Waals surface area contributed by atoms with Crippen LogP contribution in [0.25, 0.3) is 24.3 Å². The van der Waals surface area contributed by atoms with Crippen molar-refractivity contribution in [1.82, 2.24) is 0 Å². The Bertz CT molecular complexity index is 943. The molecule has 3 aromatic carbocycles. The Hall–Kier alpha value is -3.06. The van der Waals surface area contributed by atoms with E-state index in [-0.39, 0.29) is 5.41 Å². The third-order valence-corrected chi connectivity index (χ3v) is 4.50. The van der Waals surface area contributed by atoms with Crippen LogP contribution >= 0.6 is 0 Å². The molecule has 0 amide bonds. The lowest BCUT2D eigenvalue weighted by atomic mass is 9.81. The molecule has 1 heteroatoms. The second-order valence-electron chi connectivity index (χ2n) is 7.70. The zero-order valence-corrected chi connectivity index (χ0v) is 16.2. The van der Waals surface area contributed by atoms with Gasteiger partial charge in [-0.15, -0.1) is 0 Å². The molecule has 1 N–H and O–H groups in total. The van der Waals surface area contributed by atoms with Crippen molar-refractivity contribution in [2.75, 3.05) is 0 Å². The molecule has 136 valence electrons. The molecule has 0 radical (unpaired) electrons. The topological polar surface area (TPSA) is 20.2 Å². The maximum absolute atomic E-state index is 10.6. The van der Waals surface area contributed by atoms with Crippen LogP contribution in [-0.2, 0) is 5.41 Å². The minimum atomic E-state index is -0.170. The van der Waals surface area contributed by atoms with E-state index < -0.39 is 0 Å². The molecular weight excluding hydrogens is 328 g/mol. The maximum atomic E-state index is 10.6. The van der Waals surface area contributed by atoms with E-state index in [1.807, 2.05) is 42.5 Å². The second kappa shape index (κ2) is 8.09. The second-order valence-corrected chi connectivity index (χ2v) is 7.70. The third kappa shape index (κ3) is 4.77. The van der Waals surface area contributed by atoms with Gasteiger partial charge in [0.1, 0.15) is 5.75 Å². The minimum Gasteiger partial charge on any atom is -0.508 e. The van der Waals surface area contributed by atoms with E-state index in [2.05, 4.69) is 69.3 Å². The summed E-state index contributed by atoms with van der Waals surface area (Å²) in [5.41, 5.74) is 5.23. The predicted octanol–water partition coefficient (Wildman–Crippen LogP) is 7.03. The van der Waals surface area contributed by atoms with E-state index in [4.69, 9.17) is 0 Å². The number of benzene rings is 3. The zero-order chi connectivity index (χ0) is 19.3. The average Bonchev–Trinajstić information content (AvgIpc) is 2.66. The first-order valence-electron chi connectivity index (χ1n) is 9.28. The number of hydrogen-bond donors (Lipinski definition) is 1. The summed E-state index contributed by atoms with van der Waals surface area (Å²) in [7, 11) is 0. The van der Waals surface area contributed by atoms with E-state index >= 15 is 0 Å². The molecule has 1 nitrogen and oxygen atoms in total. The molecule has 0 atom stereocenters. The van der Waals surface area contributed by atoms with Gasteiger partial charge in [0.15, 0.2) is 0 Å². The molecular formula is C26H26O. The Morgan fingerprint density at radius 1 is 0.630 bits per heavy atom. The number of aromatic hydroxyl groups is 1. The quantitative estimate of drug-likeness (QED) is 0.499. The fourth-order valence-electron chi connectivity index (χ4n) is 3.23. The summed E-state index contributed by atoms with van der Waals surface area (Å²) in [5, 5.41) is 10.6. The molecule has 3 rings (SSSR count). The Labute approximate surface area is 162 Å². The predicted molar refractivity (Wildman–Crippen MR) is 118 cm³/mol. The van der Waals surface area contributed by atoms with Crippen LogP contribution < -0.4 is 0 Å². The van der Waals surface area contributed by atoms with Crippen LogP contribution in [0.1, 0.15) is 48.6 Å². The van der Waals surface area contributed by atoms with E-state index in [1.165, 1.54) is 0 Å². The zero-order valence-electron chi connectivity index (χ0n) is 16.2. The van der Waals surface area contributed by atoms with Gasteiger partial charge in [-0.3, -0.25) is 0 Å². The highest BCUT2D eigenvalue weighted by atomic mass is 16.3. The molecule has 0 saturated heterocycles. The van der Waals surface area contributed by atoms with Crippen molar-refractivity contribution in [3.63, 3.8) is 0 Å². The van der Waals surface area contributed by atoms with Gasteiger partial charge < -0.3 is 5.11 Å². The minimum absolute atomic E-state index is 0.170. The number of phenolic OH excluding ortho intramolecular Hbond substituents is 1. The van der Waals surface area contributed by atoms with Crippen molar-refractivity contribution in [3.8, 4) is 5.75 Å². The smallest absolute Gasteiger partial charge is 0.119 e. The van der Waals surface area contributed by atoms with Crippen molar-refractivity contribution < 1.29 is 5.11 Å². The molecule has 3 aromatic rings. The molecule has 0 bridgehead atoms. The lowest BCUT2D eigenvalue weighted by Crippen LogP contribution is -2.14. The van der Waals surface area contributed by atoms with Crippen LogP contribution in [0.15, 0.2) is 72.8 Å². The standard InChI is InChI=1S/C26H26O/c1-26(2,3)25-23(18-15-21-12-8-5-9-13-21)22(17-19-24(25)27)16-14-20-10-6-4-7-11-20/h4-19,27H,1-3H3/b16-14+,18-15+. The van der Waals surface area contributed by atoms with Crippen LogP contribution in [0.3, 0.4) is 0 Å². The van der Waals surface area contributed by atoms with Gasteiger partial charge in [-0.2, -0.15) is 0 Å². The summed E-state index contributed by atoms with van der Waals surface area (Å²) in [6.45, 7) is 6.39. The first kappa shape index (κ1) is 18.7. The highest BCUT2D eigenvalue weighted by Gasteiger charge is 2.22. The Morgan fingerprint density at radius 3 is 1.67 bits per heavy atom. The summed E-state index contributed by atoms with van der Waals surface area (Å²) >= 11 is 0. The van der Waals surface area contributed by atoms with E-state index in [9.17, 15) is 5.11 Å². The van der Waals surface area contributed by atoms with Gasteiger partial charge in [-0.25, -0.2) is 0 Å². The number of rotatable bonds is 4. The first-order chi connectivity index (χ1) is 12.9. The maximum Gasteiger partial charge on any atom is 0.119 e. The van der Waals surface area contributed by atoms with Gasteiger partial charge >= 0.3 is 0 Å². The summed E-state index contributed by atoms with van der Waals surface area (Å²) < 4.78 is 0. The highest BCUT2D eigenvalue weighted by molar-refractivity contribution is 5.82. The summed E-state index contributed by atoms with van der Waals surface area (Å²) in [6.07, 6.45) is 8.44.